The van der Waals surface area contributed by atoms with Crippen molar-refractivity contribution >= 4 is 31.4 Å². The van der Waals surface area contributed by atoms with Crippen molar-refractivity contribution in [3.05, 3.63) is 54.1 Å². The molecule has 0 saturated carbocycles. The Morgan fingerprint density at radius 1 is 0.864 bits per heavy atom. The quantitative estimate of drug-likeness (QED) is 0.872. The summed E-state index contributed by atoms with van der Waals surface area (Å²) in [6.07, 6.45) is 1.05. The molecule has 2 aromatic rings. The fourth-order valence-corrected chi connectivity index (χ4v) is 3.55. The average Bonchev–Trinajstić information content (AvgIpc) is 2.41. The molecule has 0 fully saturated rings. The molecule has 0 aliphatic heterocycles. The maximum atomic E-state index is 12.2. The molecular formula is C14H16N2O4S2. The van der Waals surface area contributed by atoms with Gasteiger partial charge in [0.15, 0.2) is 0 Å². The Kier molecular flexibility index (Phi) is 4.43. The molecule has 0 aromatic heterocycles. The average molecular weight is 340 g/mol. The lowest BCUT2D eigenvalue weighted by molar-refractivity contribution is 0.600. The third kappa shape index (κ3) is 4.22. The number of sulfonamides is 2. The number of aryl methyl sites for hydroxylation is 1. The molecule has 0 heterocycles. The van der Waals surface area contributed by atoms with E-state index >= 15 is 0 Å². The molecule has 22 heavy (non-hydrogen) atoms. The van der Waals surface area contributed by atoms with E-state index < -0.39 is 20.0 Å². The van der Waals surface area contributed by atoms with Crippen LogP contribution >= 0.6 is 0 Å². The lowest BCUT2D eigenvalue weighted by Crippen LogP contribution is -2.14. The first-order valence-corrected chi connectivity index (χ1v) is 9.71. The third-order valence-corrected chi connectivity index (χ3v) is 4.82. The van der Waals surface area contributed by atoms with E-state index in [0.29, 0.717) is 16.9 Å². The molecule has 0 unspecified atom stereocenters. The molecule has 2 aromatic carbocycles. The molecular weight excluding hydrogens is 324 g/mol. The molecule has 0 radical (unpaired) electrons. The fourth-order valence-electron chi connectivity index (χ4n) is 1.86. The summed E-state index contributed by atoms with van der Waals surface area (Å²) >= 11 is 0. The summed E-state index contributed by atoms with van der Waals surface area (Å²) in [5.74, 6) is 0. The van der Waals surface area contributed by atoms with Crippen molar-refractivity contribution in [1.29, 1.82) is 0 Å². The predicted molar refractivity (Wildman–Crippen MR) is 86.9 cm³/mol. The number of rotatable bonds is 5. The second kappa shape index (κ2) is 5.98. The Hall–Kier alpha value is -2.06. The largest absolute Gasteiger partial charge is 0.284 e. The smallest absolute Gasteiger partial charge is 0.261 e. The zero-order valence-electron chi connectivity index (χ0n) is 12.1. The van der Waals surface area contributed by atoms with Gasteiger partial charge in [0.25, 0.3) is 10.0 Å². The van der Waals surface area contributed by atoms with Gasteiger partial charge < -0.3 is 0 Å². The van der Waals surface area contributed by atoms with Crippen LogP contribution in [0.15, 0.2) is 53.4 Å². The van der Waals surface area contributed by atoms with Crippen molar-refractivity contribution in [2.45, 2.75) is 11.8 Å². The number of hydrogen-bond acceptors (Lipinski definition) is 4. The molecule has 0 spiro atoms. The Bertz CT molecular complexity index is 876. The van der Waals surface area contributed by atoms with Crippen molar-refractivity contribution in [3.63, 3.8) is 0 Å². The Morgan fingerprint density at radius 2 is 1.50 bits per heavy atom. The van der Waals surface area contributed by atoms with E-state index in [4.69, 9.17) is 0 Å². The highest BCUT2D eigenvalue weighted by Gasteiger charge is 2.14. The van der Waals surface area contributed by atoms with E-state index in [9.17, 15) is 16.8 Å². The first-order chi connectivity index (χ1) is 10.2. The van der Waals surface area contributed by atoms with Crippen molar-refractivity contribution in [3.8, 4) is 0 Å². The van der Waals surface area contributed by atoms with E-state index in [1.54, 1.807) is 31.2 Å². The molecule has 2 rings (SSSR count). The van der Waals surface area contributed by atoms with Crippen LogP contribution in [0.5, 0.6) is 0 Å². The van der Waals surface area contributed by atoms with Crippen LogP contribution < -0.4 is 9.44 Å². The molecule has 0 amide bonds. The van der Waals surface area contributed by atoms with Crippen molar-refractivity contribution < 1.29 is 16.8 Å². The number of benzene rings is 2. The Balaban J connectivity index is 2.27. The molecule has 0 aliphatic rings. The summed E-state index contributed by atoms with van der Waals surface area (Å²) < 4.78 is 51.7. The Labute approximate surface area is 130 Å². The summed E-state index contributed by atoms with van der Waals surface area (Å²) in [7, 11) is -7.05. The molecule has 0 atom stereocenters. The van der Waals surface area contributed by atoms with E-state index in [1.165, 1.54) is 24.3 Å². The highest BCUT2D eigenvalue weighted by molar-refractivity contribution is 7.92. The SMILES string of the molecule is Cc1cc(NS(=O)(=O)c2ccccc2)ccc1NS(C)(=O)=O. The van der Waals surface area contributed by atoms with E-state index in [2.05, 4.69) is 9.44 Å². The molecule has 118 valence electrons. The standard InChI is InChI=1S/C14H16N2O4S2/c1-11-10-12(8-9-14(11)16-21(2,17)18)15-22(19,20)13-6-4-3-5-7-13/h3-10,15-16H,1-2H3. The number of anilines is 2. The first-order valence-electron chi connectivity index (χ1n) is 6.34. The van der Waals surface area contributed by atoms with Gasteiger partial charge in [-0.2, -0.15) is 0 Å². The summed E-state index contributed by atoms with van der Waals surface area (Å²) in [4.78, 5) is 0.158. The lowest BCUT2D eigenvalue weighted by Gasteiger charge is -2.12. The first kappa shape index (κ1) is 16.3. The summed E-state index contributed by atoms with van der Waals surface area (Å²) in [5, 5.41) is 0. The van der Waals surface area contributed by atoms with Crippen LogP contribution in [0, 0.1) is 6.92 Å². The van der Waals surface area contributed by atoms with Gasteiger partial charge in [-0.25, -0.2) is 16.8 Å². The normalized spacial score (nSPS) is 11.9. The summed E-state index contributed by atoms with van der Waals surface area (Å²) in [5.41, 5.74) is 1.38. The minimum Gasteiger partial charge on any atom is -0.284 e. The van der Waals surface area contributed by atoms with Crippen LogP contribution in [0.4, 0.5) is 11.4 Å². The number of hydrogen-bond donors (Lipinski definition) is 2. The third-order valence-electron chi connectivity index (χ3n) is 2.83. The van der Waals surface area contributed by atoms with Gasteiger partial charge in [-0.3, -0.25) is 9.44 Å². The topological polar surface area (TPSA) is 92.3 Å². The van der Waals surface area contributed by atoms with Crippen LogP contribution in [0.2, 0.25) is 0 Å². The van der Waals surface area contributed by atoms with Crippen LogP contribution in [-0.2, 0) is 20.0 Å². The van der Waals surface area contributed by atoms with Gasteiger partial charge in [0.1, 0.15) is 0 Å². The molecule has 0 aliphatic carbocycles. The minimum atomic E-state index is -3.67. The highest BCUT2D eigenvalue weighted by Crippen LogP contribution is 2.22. The molecule has 2 N–H and O–H groups in total. The predicted octanol–water partition coefficient (Wildman–Crippen LogP) is 2.17. The number of nitrogens with one attached hydrogen (secondary N) is 2. The Morgan fingerprint density at radius 3 is 2.05 bits per heavy atom. The van der Waals surface area contributed by atoms with Gasteiger partial charge in [-0.1, -0.05) is 18.2 Å². The molecule has 8 heteroatoms. The van der Waals surface area contributed by atoms with E-state index in [0.717, 1.165) is 6.26 Å². The van der Waals surface area contributed by atoms with Crippen LogP contribution in [0.3, 0.4) is 0 Å². The van der Waals surface area contributed by atoms with Gasteiger partial charge in [0.05, 0.1) is 16.8 Å². The second-order valence-electron chi connectivity index (χ2n) is 4.82. The lowest BCUT2D eigenvalue weighted by atomic mass is 10.2. The van der Waals surface area contributed by atoms with Gasteiger partial charge >= 0.3 is 0 Å². The van der Waals surface area contributed by atoms with E-state index in [1.807, 2.05) is 0 Å². The molecule has 6 nitrogen and oxygen atoms in total. The zero-order chi connectivity index (χ0) is 16.4. The van der Waals surface area contributed by atoms with Crippen molar-refractivity contribution in [1.82, 2.24) is 0 Å². The minimum absolute atomic E-state index is 0.158. The van der Waals surface area contributed by atoms with Crippen LogP contribution in [0.25, 0.3) is 0 Å². The summed E-state index contributed by atoms with van der Waals surface area (Å²) in [6, 6.07) is 12.6. The van der Waals surface area contributed by atoms with Gasteiger partial charge in [0.2, 0.25) is 10.0 Å². The van der Waals surface area contributed by atoms with Crippen molar-refractivity contribution in [2.24, 2.45) is 0 Å². The van der Waals surface area contributed by atoms with Crippen molar-refractivity contribution in [2.75, 3.05) is 15.7 Å². The van der Waals surface area contributed by atoms with E-state index in [-0.39, 0.29) is 4.90 Å². The molecule has 0 saturated heterocycles. The monoisotopic (exact) mass is 340 g/mol. The highest BCUT2D eigenvalue weighted by atomic mass is 32.2. The van der Waals surface area contributed by atoms with Gasteiger partial charge in [-0.15, -0.1) is 0 Å². The summed E-state index contributed by atoms with van der Waals surface area (Å²) in [6.45, 7) is 1.69. The van der Waals surface area contributed by atoms with Gasteiger partial charge in [0, 0.05) is 5.69 Å². The van der Waals surface area contributed by atoms with Gasteiger partial charge in [-0.05, 0) is 42.8 Å². The zero-order valence-corrected chi connectivity index (χ0v) is 13.7. The fraction of sp³-hybridized carbons (Fsp3) is 0.143. The maximum Gasteiger partial charge on any atom is 0.261 e. The van der Waals surface area contributed by atoms with Crippen LogP contribution in [-0.4, -0.2) is 23.1 Å². The van der Waals surface area contributed by atoms with Crippen LogP contribution in [0.1, 0.15) is 5.56 Å². The second-order valence-corrected chi connectivity index (χ2v) is 8.25. The molecule has 0 bridgehead atoms. The maximum absolute atomic E-state index is 12.2.